The van der Waals surface area contributed by atoms with Crippen LogP contribution in [-0.2, 0) is 29.1 Å². The first-order chi connectivity index (χ1) is 23.0. The molecule has 0 saturated heterocycles. The molecule has 0 N–H and O–H groups in total. The van der Waals surface area contributed by atoms with Crippen molar-refractivity contribution in [3.63, 3.8) is 0 Å². The molecule has 10 heteroatoms. The molecule has 1 aromatic rings. The van der Waals surface area contributed by atoms with Gasteiger partial charge in [-0.3, -0.25) is 0 Å². The average molecular weight is 758 g/mol. The Balaban J connectivity index is 1.60. The number of nitrogens with zero attached hydrogens (tertiary/aromatic N) is 1. The number of hydrogen-bond acceptors (Lipinski definition) is 6. The quantitative estimate of drug-likeness (QED) is 0.0868. The molecule has 5 rings (SSSR count). The Hall–Kier alpha value is -0.862. The van der Waals surface area contributed by atoms with Crippen LogP contribution in [0.5, 0.6) is 0 Å². The predicted octanol–water partition coefficient (Wildman–Crippen LogP) is 11.0. The molecule has 6 nitrogen and oxygen atoms in total. The minimum Gasteiger partial charge on any atom is -0.414 e. The largest absolute Gasteiger partial charge is 0.414 e. The minimum absolute atomic E-state index is 0.0991. The molecule has 50 heavy (non-hydrogen) atoms. The molecule has 3 fully saturated rings. The van der Waals surface area contributed by atoms with E-state index in [0.29, 0.717) is 37.1 Å². The van der Waals surface area contributed by atoms with Crippen LogP contribution in [0.4, 0.5) is 0 Å². The Kier molecular flexibility index (Phi) is 11.6. The van der Waals surface area contributed by atoms with Crippen molar-refractivity contribution in [3.8, 4) is 0 Å². The summed E-state index contributed by atoms with van der Waals surface area (Å²) in [7, 11) is -7.66. The van der Waals surface area contributed by atoms with Crippen molar-refractivity contribution in [2.75, 3.05) is 6.61 Å². The molecule has 0 aliphatic heterocycles. The number of allylic oxidation sites excluding steroid dienone is 1. The first-order valence-corrected chi connectivity index (χ1v) is 33.2. The smallest absolute Gasteiger partial charge is 0.185 e. The van der Waals surface area contributed by atoms with Crippen LogP contribution in [-0.4, -0.2) is 63.4 Å². The van der Waals surface area contributed by atoms with Gasteiger partial charge in [0, 0.05) is 11.5 Å². The van der Waals surface area contributed by atoms with Crippen LogP contribution >= 0.6 is 0 Å². The maximum atomic E-state index is 7.75. The summed E-state index contributed by atoms with van der Waals surface area (Å²) < 4.78 is 28.6. The van der Waals surface area contributed by atoms with E-state index >= 15 is 0 Å². The van der Waals surface area contributed by atoms with Crippen LogP contribution in [0, 0.1) is 28.6 Å². The third kappa shape index (κ3) is 8.74. The van der Waals surface area contributed by atoms with E-state index in [1.54, 1.807) is 5.57 Å². The van der Waals surface area contributed by atoms with Gasteiger partial charge in [0.1, 0.15) is 17.9 Å². The summed E-state index contributed by atoms with van der Waals surface area (Å²) in [6.07, 6.45) is 10.9. The highest BCUT2D eigenvalue weighted by Crippen LogP contribution is 2.69. The zero-order valence-electron chi connectivity index (χ0n) is 34.2. The Morgan fingerprint density at radius 2 is 1.44 bits per heavy atom. The molecule has 0 heterocycles. The molecule has 4 aliphatic rings. The van der Waals surface area contributed by atoms with Crippen LogP contribution in [0.3, 0.4) is 0 Å². The molecule has 3 saturated carbocycles. The van der Waals surface area contributed by atoms with Crippen molar-refractivity contribution in [3.05, 3.63) is 47.5 Å². The van der Waals surface area contributed by atoms with E-state index in [1.165, 1.54) is 19.3 Å². The van der Waals surface area contributed by atoms with Crippen molar-refractivity contribution in [2.24, 2.45) is 33.7 Å². The molecule has 0 unspecified atom stereocenters. The molecule has 0 aromatic heterocycles. The second-order valence-corrected chi connectivity index (χ2v) is 38.3. The van der Waals surface area contributed by atoms with E-state index in [9.17, 15) is 0 Å². The first-order valence-electron chi connectivity index (χ1n) is 19.6. The van der Waals surface area contributed by atoms with E-state index < -0.39 is 38.9 Å². The van der Waals surface area contributed by atoms with Gasteiger partial charge >= 0.3 is 0 Å². The highest BCUT2D eigenvalue weighted by atomic mass is 28.4. The van der Waals surface area contributed by atoms with E-state index in [2.05, 4.69) is 123 Å². The van der Waals surface area contributed by atoms with Crippen LogP contribution in [0.1, 0.15) is 64.4 Å². The molecule has 282 valence electrons. The average Bonchev–Trinajstić information content (AvgIpc) is 3.20. The maximum Gasteiger partial charge on any atom is 0.185 e. The minimum atomic E-state index is -2.16. The van der Waals surface area contributed by atoms with Gasteiger partial charge in [0.05, 0.1) is 12.7 Å². The van der Waals surface area contributed by atoms with Gasteiger partial charge in [-0.25, -0.2) is 0 Å². The Bertz CT molecular complexity index is 1390. The van der Waals surface area contributed by atoms with Crippen molar-refractivity contribution >= 4 is 39.0 Å². The second kappa shape index (κ2) is 14.4. The predicted molar refractivity (Wildman–Crippen MR) is 219 cm³/mol. The fourth-order valence-corrected chi connectivity index (χ4v) is 14.6. The lowest BCUT2D eigenvalue weighted by molar-refractivity contribution is -0.103. The maximum absolute atomic E-state index is 7.75. The van der Waals surface area contributed by atoms with Gasteiger partial charge in [-0.15, -0.1) is 0 Å². The number of benzene rings is 1. The molecule has 0 radical (unpaired) electrons. The number of fused-ring (bicyclic) bond motifs is 5. The van der Waals surface area contributed by atoms with Gasteiger partial charge in [-0.2, -0.15) is 0 Å². The zero-order chi connectivity index (χ0) is 37.0. The fourth-order valence-electron chi connectivity index (χ4n) is 10.3. The molecular formula is C40H71NO5Si4. The monoisotopic (exact) mass is 757 g/mol. The Labute approximate surface area is 310 Å². The topological polar surface area (TPSA) is 58.5 Å². The van der Waals surface area contributed by atoms with Crippen molar-refractivity contribution in [1.29, 1.82) is 0 Å². The number of rotatable bonds is 13. The van der Waals surface area contributed by atoms with Gasteiger partial charge in [0.25, 0.3) is 0 Å². The zero-order valence-corrected chi connectivity index (χ0v) is 38.2. The summed E-state index contributed by atoms with van der Waals surface area (Å²) in [5.74, 6) is 1.70. The van der Waals surface area contributed by atoms with Crippen LogP contribution < -0.4 is 0 Å². The summed E-state index contributed by atoms with van der Waals surface area (Å²) in [5, 5.41) is 5.12. The summed E-state index contributed by atoms with van der Waals surface area (Å²) in [4.78, 5) is 6.34. The summed E-state index contributed by atoms with van der Waals surface area (Å²) in [6, 6.07) is 10.4. The molecule has 0 amide bonds. The highest BCUT2D eigenvalue weighted by Gasteiger charge is 2.71. The lowest BCUT2D eigenvalue weighted by Crippen LogP contribution is -2.66. The van der Waals surface area contributed by atoms with Gasteiger partial charge in [-0.1, -0.05) is 61.0 Å². The SMILES string of the molecule is C[C@]12CC[C@H](O[Si](C)(C)C)CC1=CC[C@@H]1[C@@H]2CC[C@@]2(C)[C@H]1C[C@@H](O[Si](C)(C)C)[C@]2(O[Si](C)(C)C)/C(CO[Si](C)(C)C)=N\OCc1ccccc1. The molecule has 8 atom stereocenters. The van der Waals surface area contributed by atoms with Gasteiger partial charge in [0.15, 0.2) is 33.3 Å². The van der Waals surface area contributed by atoms with Gasteiger partial charge in [0.2, 0.25) is 0 Å². The van der Waals surface area contributed by atoms with E-state index in [0.717, 1.165) is 37.0 Å². The van der Waals surface area contributed by atoms with Crippen molar-refractivity contribution < 1.29 is 22.5 Å². The van der Waals surface area contributed by atoms with Crippen molar-refractivity contribution in [2.45, 2.75) is 162 Å². The number of oxime groups is 1. The summed E-state index contributed by atoms with van der Waals surface area (Å²) >= 11 is 0. The van der Waals surface area contributed by atoms with E-state index in [4.69, 9.17) is 27.7 Å². The number of hydrogen-bond donors (Lipinski definition) is 0. The van der Waals surface area contributed by atoms with E-state index in [-0.39, 0.29) is 16.9 Å². The first kappa shape index (κ1) is 40.3. The molecule has 0 bridgehead atoms. The Morgan fingerprint density at radius 3 is 2.04 bits per heavy atom. The van der Waals surface area contributed by atoms with E-state index in [1.807, 2.05) is 6.07 Å². The second-order valence-electron chi connectivity index (χ2n) is 20.4. The lowest BCUT2D eigenvalue weighted by Gasteiger charge is -2.60. The van der Waals surface area contributed by atoms with Gasteiger partial charge < -0.3 is 22.5 Å². The summed E-state index contributed by atoms with van der Waals surface area (Å²) in [5.41, 5.74) is 3.03. The molecular weight excluding hydrogens is 687 g/mol. The molecule has 1 aromatic carbocycles. The van der Waals surface area contributed by atoms with Crippen molar-refractivity contribution in [1.82, 2.24) is 0 Å². The molecule has 4 aliphatic carbocycles. The standard InChI is InChI=1S/C40H71NO5Si4/c1-38-24-22-32(44-48(6,7)8)26-31(38)20-21-33-34(38)23-25-39(2)35(33)27-37(45-49(9,10)11)40(39,46-50(12,13)14)36(29-43-47(3,4)5)41-42-28-30-18-16-15-17-19-30/h15-20,32-35,37H,21-29H2,1-14H3/b41-36-/t32-,33+,34-,35-,37+,38-,39-,40+/m0/s1. The van der Waals surface area contributed by atoms with Crippen LogP contribution in [0.2, 0.25) is 78.6 Å². The Morgan fingerprint density at radius 1 is 0.780 bits per heavy atom. The van der Waals surface area contributed by atoms with Gasteiger partial charge in [-0.05, 0) is 152 Å². The summed E-state index contributed by atoms with van der Waals surface area (Å²) in [6.45, 7) is 33.8. The third-order valence-electron chi connectivity index (χ3n) is 12.0. The highest BCUT2D eigenvalue weighted by molar-refractivity contribution is 6.71. The fraction of sp³-hybridized carbons (Fsp3) is 0.775. The lowest BCUT2D eigenvalue weighted by atomic mass is 9.46. The molecule has 0 spiro atoms. The van der Waals surface area contributed by atoms with Crippen LogP contribution in [0.25, 0.3) is 0 Å². The normalized spacial score (nSPS) is 35.2. The van der Waals surface area contributed by atoms with Crippen LogP contribution in [0.15, 0.2) is 47.1 Å². The third-order valence-corrected chi connectivity index (χ3v) is 16.0.